The smallest absolute Gasteiger partial charge is 0.336 e. The predicted octanol–water partition coefficient (Wildman–Crippen LogP) is 3.11. The molecule has 28 heavy (non-hydrogen) atoms. The Morgan fingerprint density at radius 1 is 1.29 bits per heavy atom. The van der Waals surface area contributed by atoms with E-state index in [1.807, 2.05) is 12.3 Å². The molecule has 8 heteroatoms. The molecule has 0 aliphatic carbocycles. The predicted molar refractivity (Wildman–Crippen MR) is 109 cm³/mol. The van der Waals surface area contributed by atoms with E-state index in [2.05, 4.69) is 11.3 Å². The monoisotopic (exact) mass is 419 g/mol. The first-order valence-corrected chi connectivity index (χ1v) is 10.8. The van der Waals surface area contributed by atoms with Crippen molar-refractivity contribution in [3.8, 4) is 0 Å². The Labute approximate surface area is 168 Å². The molecule has 0 aliphatic heterocycles. The van der Waals surface area contributed by atoms with E-state index in [0.717, 1.165) is 10.4 Å². The van der Waals surface area contributed by atoms with Gasteiger partial charge < -0.3 is 4.74 Å². The highest BCUT2D eigenvalue weighted by Crippen LogP contribution is 2.25. The summed E-state index contributed by atoms with van der Waals surface area (Å²) in [5.41, 5.74) is -1.47. The van der Waals surface area contributed by atoms with Crippen molar-refractivity contribution in [2.75, 3.05) is 6.61 Å². The lowest BCUT2D eigenvalue weighted by Crippen LogP contribution is -2.55. The molecule has 1 aromatic carbocycles. The number of carbonyl (C=O) groups is 2. The number of thiophene rings is 1. The van der Waals surface area contributed by atoms with E-state index in [0.29, 0.717) is 6.29 Å². The maximum Gasteiger partial charge on any atom is 0.336 e. The van der Waals surface area contributed by atoms with Crippen LogP contribution in [0.2, 0.25) is 0 Å². The van der Waals surface area contributed by atoms with Crippen LogP contribution in [0, 0.1) is 6.92 Å². The van der Waals surface area contributed by atoms with Crippen LogP contribution in [0.1, 0.15) is 17.4 Å². The van der Waals surface area contributed by atoms with Gasteiger partial charge in [0.1, 0.15) is 6.29 Å². The van der Waals surface area contributed by atoms with Crippen LogP contribution in [-0.2, 0) is 24.3 Å². The molecule has 0 saturated carbocycles. The van der Waals surface area contributed by atoms with E-state index in [9.17, 15) is 18.0 Å². The van der Waals surface area contributed by atoms with Crippen molar-refractivity contribution in [1.82, 2.24) is 4.72 Å². The zero-order valence-corrected chi connectivity index (χ0v) is 17.2. The minimum atomic E-state index is -4.16. The Hall–Kier alpha value is -2.55. The molecule has 0 fully saturated rings. The van der Waals surface area contributed by atoms with Crippen molar-refractivity contribution in [1.29, 1.82) is 0 Å². The van der Waals surface area contributed by atoms with Crippen molar-refractivity contribution in [2.24, 2.45) is 0 Å². The first-order valence-electron chi connectivity index (χ1n) is 8.40. The third-order valence-corrected chi connectivity index (χ3v) is 6.23. The van der Waals surface area contributed by atoms with Crippen molar-refractivity contribution in [3.63, 3.8) is 0 Å². The number of carbonyl (C=O) groups excluding carboxylic acids is 2. The molecule has 6 nitrogen and oxygen atoms in total. The molecular weight excluding hydrogens is 398 g/mol. The number of ether oxygens (including phenoxy) is 1. The largest absolute Gasteiger partial charge is 0.464 e. The van der Waals surface area contributed by atoms with Gasteiger partial charge in [0.2, 0.25) is 10.0 Å². The first-order chi connectivity index (χ1) is 13.2. The number of esters is 1. The fourth-order valence-corrected chi connectivity index (χ4v) is 4.30. The van der Waals surface area contributed by atoms with Crippen LogP contribution in [-0.4, -0.2) is 32.8 Å². The number of benzene rings is 1. The van der Waals surface area contributed by atoms with Gasteiger partial charge in [-0.15, -0.1) is 11.3 Å². The average molecular weight is 420 g/mol. The Bertz CT molecular complexity index is 976. The van der Waals surface area contributed by atoms with Gasteiger partial charge in [-0.25, -0.2) is 13.2 Å². The van der Waals surface area contributed by atoms with E-state index in [4.69, 9.17) is 4.74 Å². The van der Waals surface area contributed by atoms with Crippen LogP contribution in [0.25, 0.3) is 6.08 Å². The molecule has 2 rings (SSSR count). The number of aldehydes is 1. The Morgan fingerprint density at radius 3 is 2.50 bits per heavy atom. The van der Waals surface area contributed by atoms with Crippen LogP contribution < -0.4 is 4.72 Å². The van der Waals surface area contributed by atoms with E-state index < -0.39 is 21.5 Å². The summed E-state index contributed by atoms with van der Waals surface area (Å²) in [6.07, 6.45) is 3.18. The molecule has 2 aromatic rings. The maximum absolute atomic E-state index is 12.9. The molecule has 1 heterocycles. The lowest BCUT2D eigenvalue weighted by Gasteiger charge is -2.29. The standard InChI is InChI=1S/C20H21NO5S2/c1-4-26-19(23)20(16(3)14-22,12-11-17-6-5-13-27-17)21-28(24,25)18-9-7-15(2)8-10-18/h5-14,21H,3-4H2,1-2H3/b12-11+/t20-/m0/s1. The molecular formula is C20H21NO5S2. The molecule has 0 amide bonds. The summed E-state index contributed by atoms with van der Waals surface area (Å²) in [4.78, 5) is 25.0. The highest BCUT2D eigenvalue weighted by Gasteiger charge is 2.44. The molecule has 0 saturated heterocycles. The van der Waals surface area contributed by atoms with Crippen LogP contribution in [0.5, 0.6) is 0 Å². The SMILES string of the molecule is C=C(C=O)[C@](/C=C/c1cccs1)(NS(=O)(=O)c1ccc(C)cc1)C(=O)OCC. The fraction of sp³-hybridized carbons (Fsp3) is 0.200. The quantitative estimate of drug-likeness (QED) is 0.383. The van der Waals surface area contributed by atoms with Gasteiger partial charge in [-0.3, -0.25) is 4.79 Å². The van der Waals surface area contributed by atoms with Gasteiger partial charge in [0.05, 0.1) is 11.5 Å². The van der Waals surface area contributed by atoms with Crippen LogP contribution >= 0.6 is 11.3 Å². The van der Waals surface area contributed by atoms with Crippen molar-refractivity contribution in [3.05, 3.63) is 70.4 Å². The van der Waals surface area contributed by atoms with Gasteiger partial charge in [0.25, 0.3) is 0 Å². The summed E-state index contributed by atoms with van der Waals surface area (Å²) in [6, 6.07) is 9.70. The van der Waals surface area contributed by atoms with Crippen LogP contribution in [0.15, 0.2) is 64.9 Å². The molecule has 0 aliphatic rings. The van der Waals surface area contributed by atoms with Crippen LogP contribution in [0.4, 0.5) is 0 Å². The second-order valence-corrected chi connectivity index (χ2v) is 8.60. The number of sulfonamides is 1. The van der Waals surface area contributed by atoms with Gasteiger partial charge in [0.15, 0.2) is 5.54 Å². The minimum Gasteiger partial charge on any atom is -0.464 e. The molecule has 0 bridgehead atoms. The number of aryl methyl sites for hydroxylation is 1. The summed E-state index contributed by atoms with van der Waals surface area (Å²) in [6.45, 7) is 7.01. The first kappa shape index (κ1) is 21.7. The van der Waals surface area contributed by atoms with E-state index in [1.165, 1.54) is 29.5 Å². The summed E-state index contributed by atoms with van der Waals surface area (Å²) in [7, 11) is -4.16. The van der Waals surface area contributed by atoms with Gasteiger partial charge in [-0.1, -0.05) is 30.3 Å². The van der Waals surface area contributed by atoms with Gasteiger partial charge in [-0.05, 0) is 49.6 Å². The summed E-state index contributed by atoms with van der Waals surface area (Å²) in [5.74, 6) is -0.935. The molecule has 1 atom stereocenters. The number of hydrogen-bond acceptors (Lipinski definition) is 6. The Kier molecular flexibility index (Phi) is 7.06. The topological polar surface area (TPSA) is 89.5 Å². The van der Waals surface area contributed by atoms with E-state index in [1.54, 1.807) is 37.3 Å². The maximum atomic E-state index is 12.9. The lowest BCUT2D eigenvalue weighted by atomic mass is 9.92. The zero-order chi connectivity index (χ0) is 20.8. The van der Waals surface area contributed by atoms with E-state index in [-0.39, 0.29) is 17.1 Å². The highest BCUT2D eigenvalue weighted by atomic mass is 32.2. The third kappa shape index (κ3) is 4.83. The van der Waals surface area contributed by atoms with Crippen LogP contribution in [0.3, 0.4) is 0 Å². The minimum absolute atomic E-state index is 0.00578. The van der Waals surface area contributed by atoms with Gasteiger partial charge in [0, 0.05) is 10.5 Å². The van der Waals surface area contributed by atoms with Crippen molar-refractivity contribution >= 4 is 39.7 Å². The molecule has 0 radical (unpaired) electrons. The molecule has 1 N–H and O–H groups in total. The summed E-state index contributed by atoms with van der Waals surface area (Å²) >= 11 is 1.39. The number of rotatable bonds is 9. The zero-order valence-electron chi connectivity index (χ0n) is 15.5. The summed E-state index contributed by atoms with van der Waals surface area (Å²) < 4.78 is 33.3. The summed E-state index contributed by atoms with van der Waals surface area (Å²) in [5, 5.41) is 1.83. The molecule has 1 aromatic heterocycles. The normalized spacial score (nSPS) is 13.8. The Balaban J connectivity index is 2.57. The Morgan fingerprint density at radius 2 is 1.96 bits per heavy atom. The fourth-order valence-electron chi connectivity index (χ4n) is 2.37. The number of hydrogen-bond donors (Lipinski definition) is 1. The van der Waals surface area contributed by atoms with Crippen molar-refractivity contribution < 1.29 is 22.7 Å². The van der Waals surface area contributed by atoms with E-state index >= 15 is 0 Å². The lowest BCUT2D eigenvalue weighted by molar-refractivity contribution is -0.147. The second kappa shape index (κ2) is 9.09. The van der Waals surface area contributed by atoms with Crippen molar-refractivity contribution in [2.45, 2.75) is 24.3 Å². The molecule has 0 spiro atoms. The highest BCUT2D eigenvalue weighted by molar-refractivity contribution is 7.89. The average Bonchev–Trinajstić information content (AvgIpc) is 3.18. The second-order valence-electron chi connectivity index (χ2n) is 5.94. The van der Waals surface area contributed by atoms with Gasteiger partial charge in [-0.2, -0.15) is 4.72 Å². The molecule has 148 valence electrons. The number of nitrogens with one attached hydrogen (secondary N) is 1. The van der Waals surface area contributed by atoms with Gasteiger partial charge >= 0.3 is 5.97 Å². The molecule has 0 unspecified atom stereocenters. The third-order valence-electron chi connectivity index (χ3n) is 3.91.